The third-order valence-corrected chi connectivity index (χ3v) is 12.5. The van der Waals surface area contributed by atoms with E-state index in [9.17, 15) is 19.2 Å². The molecule has 50 heavy (non-hydrogen) atoms. The molecule has 0 aromatic carbocycles. The molecule has 0 spiro atoms. The smallest absolute Gasteiger partial charge is 0.307 e. The first-order chi connectivity index (χ1) is 23.7. The van der Waals surface area contributed by atoms with Crippen LogP contribution in [0.5, 0.6) is 0 Å². The minimum atomic E-state index is -0.404. The van der Waals surface area contributed by atoms with Gasteiger partial charge in [0, 0.05) is 43.9 Å². The van der Waals surface area contributed by atoms with Gasteiger partial charge in [-0.05, 0) is 101 Å². The van der Waals surface area contributed by atoms with Gasteiger partial charge in [0.2, 0.25) is 0 Å². The fourth-order valence-corrected chi connectivity index (χ4v) is 9.78. The molecule has 0 aliphatic heterocycles. The van der Waals surface area contributed by atoms with E-state index in [1.807, 2.05) is 19.0 Å². The molecule has 12 nitrogen and oxygen atoms in total. The van der Waals surface area contributed by atoms with E-state index in [0.29, 0.717) is 38.8 Å². The maximum atomic E-state index is 13.2. The fourth-order valence-electron chi connectivity index (χ4n) is 9.78. The zero-order chi connectivity index (χ0) is 37.1. The van der Waals surface area contributed by atoms with Gasteiger partial charge < -0.3 is 41.0 Å². The number of rotatable bonds is 19. The number of hydrogen-bond acceptors (Lipinski definition) is 12. The molecule has 3 rings (SSSR count). The van der Waals surface area contributed by atoms with Gasteiger partial charge >= 0.3 is 23.9 Å². The van der Waals surface area contributed by atoms with Crippen LogP contribution in [0.15, 0.2) is 0 Å². The second-order valence-electron chi connectivity index (χ2n) is 16.0. The lowest BCUT2D eigenvalue weighted by Gasteiger charge is -2.59. The van der Waals surface area contributed by atoms with Crippen molar-refractivity contribution in [1.29, 1.82) is 0 Å². The molecule has 0 radical (unpaired) electrons. The molecule has 0 aromatic heterocycles. The normalized spacial score (nSPS) is 32.1. The molecule has 288 valence electrons. The minimum Gasteiger partial charge on any atom is -0.464 e. The Morgan fingerprint density at radius 2 is 1.40 bits per heavy atom. The van der Waals surface area contributed by atoms with Crippen LogP contribution >= 0.6 is 0 Å². The maximum Gasteiger partial charge on any atom is 0.307 e. The topological polar surface area (TPSA) is 186 Å². The molecule has 3 aliphatic rings. The standard InChI is InChI=1S/C38H68N4O8/c1-7-30(49-34(45)15-20-40)36-28-10-9-27(25(2)8-11-32(43)47-23-22-42(5)6)38(28,4)31(50-35(46)16-21-41)24-29(36)37(3)17-12-26(13-18-37)48-33(44)14-19-39/h25-31,36H,7-24,39-41H2,1-6H3/t25-,26?,27?,28+,29+,30-,31+,36?,37?,38-/m1/s1. The number of ether oxygens (including phenoxy) is 4. The van der Waals surface area contributed by atoms with Crippen LogP contribution in [-0.2, 0) is 38.1 Å². The fraction of sp³-hybridized carbons (Fsp3) is 0.895. The quantitative estimate of drug-likeness (QED) is 0.130. The van der Waals surface area contributed by atoms with Gasteiger partial charge in [-0.1, -0.05) is 27.7 Å². The van der Waals surface area contributed by atoms with E-state index in [0.717, 1.165) is 38.5 Å². The van der Waals surface area contributed by atoms with E-state index in [4.69, 9.17) is 36.1 Å². The predicted octanol–water partition coefficient (Wildman–Crippen LogP) is 3.95. The predicted molar refractivity (Wildman–Crippen MR) is 191 cm³/mol. The minimum absolute atomic E-state index is 0.0331. The Kier molecular flexibility index (Phi) is 16.5. The van der Waals surface area contributed by atoms with Gasteiger partial charge in [0.25, 0.3) is 0 Å². The third kappa shape index (κ3) is 10.6. The van der Waals surface area contributed by atoms with E-state index >= 15 is 0 Å². The molecule has 8 atom stereocenters. The summed E-state index contributed by atoms with van der Waals surface area (Å²) in [6.45, 7) is 10.6. The SMILES string of the molecule is CC[C@@H](OC(=O)CCN)C1[C@@H](C2(C)CCC(OC(=O)CCN)CC2)C[C@H](OC(=O)CCN)[C@]2(C)C([C@H](C)CCC(=O)OCCN(C)C)CC[C@@H]12. The highest BCUT2D eigenvalue weighted by Gasteiger charge is 2.64. The molecule has 2 unspecified atom stereocenters. The summed E-state index contributed by atoms with van der Waals surface area (Å²) < 4.78 is 24.0. The van der Waals surface area contributed by atoms with E-state index < -0.39 is 5.41 Å². The second kappa shape index (κ2) is 19.5. The summed E-state index contributed by atoms with van der Waals surface area (Å²) in [5.41, 5.74) is 16.6. The van der Waals surface area contributed by atoms with Crippen molar-refractivity contribution in [3.63, 3.8) is 0 Å². The van der Waals surface area contributed by atoms with Crippen LogP contribution in [0.4, 0.5) is 0 Å². The van der Waals surface area contributed by atoms with Gasteiger partial charge in [0.1, 0.15) is 24.9 Å². The van der Waals surface area contributed by atoms with Gasteiger partial charge in [0.05, 0.1) is 19.3 Å². The number of nitrogens with zero attached hydrogens (tertiary/aromatic N) is 1. The lowest BCUT2D eigenvalue weighted by Crippen LogP contribution is -2.59. The number of carbonyl (C=O) groups excluding carboxylic acids is 4. The average Bonchev–Trinajstić information content (AvgIpc) is 3.42. The van der Waals surface area contributed by atoms with Crippen LogP contribution in [-0.4, -0.2) is 94.0 Å². The average molecular weight is 709 g/mol. The Labute approximate surface area is 300 Å². The van der Waals surface area contributed by atoms with Crippen LogP contribution < -0.4 is 17.2 Å². The van der Waals surface area contributed by atoms with Crippen molar-refractivity contribution >= 4 is 23.9 Å². The molecule has 3 saturated carbocycles. The first-order valence-electron chi connectivity index (χ1n) is 19.2. The lowest BCUT2D eigenvalue weighted by atomic mass is 9.48. The number of fused-ring (bicyclic) bond motifs is 1. The summed E-state index contributed by atoms with van der Waals surface area (Å²) >= 11 is 0. The van der Waals surface area contributed by atoms with Crippen LogP contribution in [0, 0.1) is 40.4 Å². The van der Waals surface area contributed by atoms with Gasteiger partial charge in [-0.3, -0.25) is 19.2 Å². The van der Waals surface area contributed by atoms with Crippen molar-refractivity contribution in [2.24, 2.45) is 57.6 Å². The summed E-state index contributed by atoms with van der Waals surface area (Å²) in [7, 11) is 3.89. The first kappa shape index (κ1) is 42.1. The highest BCUT2D eigenvalue weighted by Crippen LogP contribution is 2.66. The Balaban J connectivity index is 1.97. The highest BCUT2D eigenvalue weighted by atomic mass is 16.6. The lowest BCUT2D eigenvalue weighted by molar-refractivity contribution is -0.200. The van der Waals surface area contributed by atoms with Crippen molar-refractivity contribution in [1.82, 2.24) is 4.90 Å². The summed E-state index contributed by atoms with van der Waals surface area (Å²) in [5, 5.41) is 0. The molecule has 0 heterocycles. The first-order valence-corrected chi connectivity index (χ1v) is 19.2. The van der Waals surface area contributed by atoms with Crippen LogP contribution in [0.2, 0.25) is 0 Å². The highest BCUT2D eigenvalue weighted by molar-refractivity contribution is 5.71. The van der Waals surface area contributed by atoms with Crippen LogP contribution in [0.25, 0.3) is 0 Å². The molecule has 3 aliphatic carbocycles. The van der Waals surface area contributed by atoms with Crippen LogP contribution in [0.1, 0.15) is 111 Å². The maximum absolute atomic E-state index is 13.2. The second-order valence-corrected chi connectivity index (χ2v) is 16.0. The Bertz CT molecular complexity index is 1110. The molecule has 6 N–H and O–H groups in total. The number of esters is 4. The largest absolute Gasteiger partial charge is 0.464 e. The molecule has 3 fully saturated rings. The van der Waals surface area contributed by atoms with Crippen LogP contribution in [0.3, 0.4) is 0 Å². The van der Waals surface area contributed by atoms with Gasteiger partial charge in [-0.15, -0.1) is 0 Å². The van der Waals surface area contributed by atoms with Crippen molar-refractivity contribution in [3.8, 4) is 0 Å². The summed E-state index contributed by atoms with van der Waals surface area (Å²) in [6, 6.07) is 0. The summed E-state index contributed by atoms with van der Waals surface area (Å²) in [6.07, 6.45) is 6.99. The monoisotopic (exact) mass is 709 g/mol. The van der Waals surface area contributed by atoms with Gasteiger partial charge in [-0.2, -0.15) is 0 Å². The number of hydrogen-bond donors (Lipinski definition) is 3. The molecule has 0 bridgehead atoms. The van der Waals surface area contributed by atoms with Crippen molar-refractivity contribution in [2.45, 2.75) is 129 Å². The zero-order valence-electron chi connectivity index (χ0n) is 31.8. The van der Waals surface area contributed by atoms with Gasteiger partial charge in [-0.25, -0.2) is 0 Å². The molecular weight excluding hydrogens is 640 g/mol. The summed E-state index contributed by atoms with van der Waals surface area (Å²) in [5.74, 6) is -0.432. The molecule has 0 saturated heterocycles. The van der Waals surface area contributed by atoms with E-state index in [2.05, 4.69) is 27.7 Å². The number of carbonyl (C=O) groups is 4. The van der Waals surface area contributed by atoms with E-state index in [-0.39, 0.29) is 116 Å². The Morgan fingerprint density at radius 1 is 0.800 bits per heavy atom. The summed E-state index contributed by atoms with van der Waals surface area (Å²) in [4.78, 5) is 53.2. The molecule has 12 heteroatoms. The molecule has 0 amide bonds. The zero-order valence-corrected chi connectivity index (χ0v) is 31.8. The van der Waals surface area contributed by atoms with E-state index in [1.54, 1.807) is 0 Å². The Morgan fingerprint density at radius 3 is 1.98 bits per heavy atom. The van der Waals surface area contributed by atoms with E-state index in [1.165, 1.54) is 0 Å². The molecular formula is C38H68N4O8. The number of likely N-dealkylation sites (N-methyl/N-ethyl adjacent to an activating group) is 1. The van der Waals surface area contributed by atoms with Crippen molar-refractivity contribution < 1.29 is 38.1 Å². The van der Waals surface area contributed by atoms with Crippen molar-refractivity contribution in [3.05, 3.63) is 0 Å². The molecule has 0 aromatic rings. The van der Waals surface area contributed by atoms with Crippen molar-refractivity contribution in [2.75, 3.05) is 46.9 Å². The Hall–Kier alpha value is -2.28. The third-order valence-electron chi connectivity index (χ3n) is 12.5. The number of nitrogens with two attached hydrogens (primary N) is 3. The van der Waals surface area contributed by atoms with Gasteiger partial charge in [0.15, 0.2) is 0 Å².